The maximum absolute atomic E-state index is 11.1. The van der Waals surface area contributed by atoms with Gasteiger partial charge in [0.25, 0.3) is 0 Å². The first-order valence-corrected chi connectivity index (χ1v) is 3.92. The third kappa shape index (κ3) is 4.93. The van der Waals surface area contributed by atoms with Crippen LogP contribution in [0, 0.1) is 5.92 Å². The average molecular weight is 159 g/mol. The lowest BCUT2D eigenvalue weighted by Gasteiger charge is -2.09. The lowest BCUT2D eigenvalue weighted by molar-refractivity contribution is -0.128. The number of Topliss-reactive ketones (excluding diaryl/α,β-unsaturated/α-hetero) is 1. The molecular weight excluding hydrogens is 142 g/mol. The predicted molar refractivity (Wildman–Crippen MR) is 44.3 cm³/mol. The van der Waals surface area contributed by atoms with Crippen LogP contribution in [0.3, 0.4) is 0 Å². The van der Waals surface area contributed by atoms with Crippen LogP contribution in [-0.4, -0.2) is 25.0 Å². The number of carbonyl (C=O) groups is 1. The number of hydrogen-bond donors (Lipinski definition) is 1. The molecule has 0 aromatic heterocycles. The molecule has 0 bridgehead atoms. The Labute approximate surface area is 67.9 Å². The lowest BCUT2D eigenvalue weighted by Crippen LogP contribution is -2.25. The molecule has 0 spiro atoms. The van der Waals surface area contributed by atoms with Crippen molar-refractivity contribution in [1.82, 2.24) is 0 Å². The van der Waals surface area contributed by atoms with Crippen molar-refractivity contribution in [2.45, 2.75) is 26.9 Å². The van der Waals surface area contributed by atoms with Gasteiger partial charge in [0.05, 0.1) is 6.10 Å². The summed E-state index contributed by atoms with van der Waals surface area (Å²) in [6, 6.07) is 0. The summed E-state index contributed by atoms with van der Waals surface area (Å²) >= 11 is 0. The van der Waals surface area contributed by atoms with E-state index in [-0.39, 0.29) is 24.4 Å². The molecule has 0 saturated carbocycles. The van der Waals surface area contributed by atoms with Crippen molar-refractivity contribution in [3.05, 3.63) is 0 Å². The van der Waals surface area contributed by atoms with Gasteiger partial charge in [-0.1, -0.05) is 6.92 Å². The third-order valence-electron chi connectivity index (χ3n) is 1.46. The van der Waals surface area contributed by atoms with E-state index >= 15 is 0 Å². The van der Waals surface area contributed by atoms with Gasteiger partial charge >= 0.3 is 0 Å². The molecule has 1 atom stereocenters. The maximum Gasteiger partial charge on any atom is 0.162 e. The summed E-state index contributed by atoms with van der Waals surface area (Å²) < 4.78 is 5.12. The van der Waals surface area contributed by atoms with Crippen LogP contribution < -0.4 is 5.73 Å². The minimum Gasteiger partial charge on any atom is -0.371 e. The van der Waals surface area contributed by atoms with Crippen molar-refractivity contribution in [2.24, 2.45) is 11.7 Å². The van der Waals surface area contributed by atoms with E-state index in [0.29, 0.717) is 6.54 Å². The van der Waals surface area contributed by atoms with Gasteiger partial charge in [-0.05, 0) is 13.8 Å². The molecule has 0 amide bonds. The molecule has 0 rings (SSSR count). The quantitative estimate of drug-likeness (QED) is 0.638. The number of rotatable bonds is 5. The molecule has 0 heterocycles. The number of nitrogens with two attached hydrogens (primary N) is 1. The van der Waals surface area contributed by atoms with Gasteiger partial charge in [-0.2, -0.15) is 0 Å². The average Bonchev–Trinajstić information content (AvgIpc) is 1.98. The van der Waals surface area contributed by atoms with E-state index < -0.39 is 0 Å². The molecule has 0 aliphatic carbocycles. The van der Waals surface area contributed by atoms with E-state index in [1.165, 1.54) is 0 Å². The van der Waals surface area contributed by atoms with Gasteiger partial charge in [0, 0.05) is 12.5 Å². The first-order chi connectivity index (χ1) is 5.07. The van der Waals surface area contributed by atoms with Crippen molar-refractivity contribution in [2.75, 3.05) is 13.2 Å². The predicted octanol–water partition coefficient (Wildman–Crippen LogP) is 0.575. The van der Waals surface area contributed by atoms with Gasteiger partial charge < -0.3 is 10.5 Å². The number of ether oxygens (including phenoxy) is 1. The Bertz CT molecular complexity index is 123. The van der Waals surface area contributed by atoms with E-state index in [4.69, 9.17) is 10.5 Å². The Balaban J connectivity index is 3.52. The van der Waals surface area contributed by atoms with Gasteiger partial charge in [0.2, 0.25) is 0 Å². The molecule has 0 aliphatic heterocycles. The minimum atomic E-state index is -0.0752. The molecule has 0 aromatic carbocycles. The van der Waals surface area contributed by atoms with Crippen molar-refractivity contribution in [1.29, 1.82) is 0 Å². The first kappa shape index (κ1) is 10.6. The molecule has 0 fully saturated rings. The normalized spacial score (nSPS) is 13.5. The van der Waals surface area contributed by atoms with E-state index in [1.54, 1.807) is 0 Å². The molecule has 3 heteroatoms. The zero-order chi connectivity index (χ0) is 8.85. The topological polar surface area (TPSA) is 52.3 Å². The van der Waals surface area contributed by atoms with E-state index in [0.717, 1.165) is 0 Å². The van der Waals surface area contributed by atoms with Gasteiger partial charge in [-0.3, -0.25) is 4.79 Å². The van der Waals surface area contributed by atoms with Crippen LogP contribution in [0.5, 0.6) is 0 Å². The van der Waals surface area contributed by atoms with Crippen LogP contribution in [-0.2, 0) is 9.53 Å². The summed E-state index contributed by atoms with van der Waals surface area (Å²) in [5, 5.41) is 0. The number of hydrogen-bond acceptors (Lipinski definition) is 3. The molecule has 1 unspecified atom stereocenters. The number of ketones is 1. The summed E-state index contributed by atoms with van der Waals surface area (Å²) in [5.41, 5.74) is 5.30. The van der Waals surface area contributed by atoms with Crippen LogP contribution in [0.2, 0.25) is 0 Å². The summed E-state index contributed by atoms with van der Waals surface area (Å²) in [5.74, 6) is 0.00921. The monoisotopic (exact) mass is 159 g/mol. The third-order valence-corrected chi connectivity index (χ3v) is 1.46. The van der Waals surface area contributed by atoms with Gasteiger partial charge in [-0.25, -0.2) is 0 Å². The van der Waals surface area contributed by atoms with Gasteiger partial charge in [0.1, 0.15) is 6.61 Å². The Kier molecular flexibility index (Phi) is 5.07. The van der Waals surface area contributed by atoms with Crippen molar-refractivity contribution >= 4 is 5.78 Å². The molecule has 3 nitrogen and oxygen atoms in total. The van der Waals surface area contributed by atoms with Crippen molar-refractivity contribution in [3.63, 3.8) is 0 Å². The Morgan fingerprint density at radius 1 is 1.45 bits per heavy atom. The van der Waals surface area contributed by atoms with Crippen molar-refractivity contribution in [3.8, 4) is 0 Å². The fraction of sp³-hybridized carbons (Fsp3) is 0.875. The molecule has 0 aliphatic rings. The summed E-state index contributed by atoms with van der Waals surface area (Å²) in [6.07, 6.45) is 0.115. The standard InChI is InChI=1S/C8H17NO2/c1-6(2)11-5-8(10)7(3)4-9/h6-7H,4-5,9H2,1-3H3. The molecular formula is C8H17NO2. The van der Waals surface area contributed by atoms with Crippen LogP contribution in [0.15, 0.2) is 0 Å². The van der Waals surface area contributed by atoms with Crippen molar-refractivity contribution < 1.29 is 9.53 Å². The minimum absolute atomic E-state index is 0.0752. The molecule has 0 radical (unpaired) electrons. The molecule has 11 heavy (non-hydrogen) atoms. The highest BCUT2D eigenvalue weighted by atomic mass is 16.5. The number of carbonyl (C=O) groups excluding carboxylic acids is 1. The van der Waals surface area contributed by atoms with E-state index in [9.17, 15) is 4.79 Å². The van der Waals surface area contributed by atoms with Crippen LogP contribution in [0.25, 0.3) is 0 Å². The van der Waals surface area contributed by atoms with Crippen LogP contribution >= 0.6 is 0 Å². The molecule has 66 valence electrons. The second-order valence-electron chi connectivity index (χ2n) is 2.96. The zero-order valence-electron chi connectivity index (χ0n) is 7.46. The van der Waals surface area contributed by atoms with Crippen LogP contribution in [0.1, 0.15) is 20.8 Å². The smallest absolute Gasteiger partial charge is 0.162 e. The highest BCUT2D eigenvalue weighted by molar-refractivity contribution is 5.82. The second kappa shape index (κ2) is 5.27. The molecule has 0 aromatic rings. The zero-order valence-corrected chi connectivity index (χ0v) is 7.46. The maximum atomic E-state index is 11.1. The fourth-order valence-corrected chi connectivity index (χ4v) is 0.523. The summed E-state index contributed by atoms with van der Waals surface area (Å²) in [4.78, 5) is 11.1. The Morgan fingerprint density at radius 2 is 2.00 bits per heavy atom. The summed E-state index contributed by atoms with van der Waals surface area (Å²) in [7, 11) is 0. The first-order valence-electron chi connectivity index (χ1n) is 3.92. The highest BCUT2D eigenvalue weighted by Gasteiger charge is 2.10. The van der Waals surface area contributed by atoms with E-state index in [2.05, 4.69) is 0 Å². The van der Waals surface area contributed by atoms with E-state index in [1.807, 2.05) is 20.8 Å². The molecule has 2 N–H and O–H groups in total. The summed E-state index contributed by atoms with van der Waals surface area (Å²) in [6.45, 7) is 6.21. The highest BCUT2D eigenvalue weighted by Crippen LogP contribution is 1.96. The Morgan fingerprint density at radius 3 is 2.36 bits per heavy atom. The molecule has 0 saturated heterocycles. The van der Waals surface area contributed by atoms with Gasteiger partial charge in [0.15, 0.2) is 5.78 Å². The van der Waals surface area contributed by atoms with Crippen LogP contribution in [0.4, 0.5) is 0 Å². The Hall–Kier alpha value is -0.410. The largest absolute Gasteiger partial charge is 0.371 e. The SMILES string of the molecule is CC(C)OCC(=O)C(C)CN. The van der Waals surface area contributed by atoms with Gasteiger partial charge in [-0.15, -0.1) is 0 Å². The second-order valence-corrected chi connectivity index (χ2v) is 2.96. The lowest BCUT2D eigenvalue weighted by atomic mass is 10.1. The fourth-order valence-electron chi connectivity index (χ4n) is 0.523.